The molecule has 10 heteroatoms. The zero-order valence-corrected chi connectivity index (χ0v) is 20.0. The van der Waals surface area contributed by atoms with Crippen molar-refractivity contribution in [2.24, 2.45) is 0 Å². The van der Waals surface area contributed by atoms with Crippen LogP contribution in [0.3, 0.4) is 0 Å². The van der Waals surface area contributed by atoms with E-state index in [4.69, 9.17) is 16.3 Å². The van der Waals surface area contributed by atoms with Gasteiger partial charge in [0.05, 0.1) is 23.5 Å². The predicted octanol–water partition coefficient (Wildman–Crippen LogP) is 3.80. The number of fused-ring (bicyclic) bond motifs is 1. The second-order valence-corrected chi connectivity index (χ2v) is 10.2. The molecule has 3 aromatic carbocycles. The first kappa shape index (κ1) is 22.9. The van der Waals surface area contributed by atoms with Gasteiger partial charge in [-0.2, -0.15) is 0 Å². The van der Waals surface area contributed by atoms with Crippen LogP contribution in [0.1, 0.15) is 5.56 Å². The molecule has 0 saturated heterocycles. The van der Waals surface area contributed by atoms with Crippen LogP contribution in [0, 0.1) is 0 Å². The van der Waals surface area contributed by atoms with E-state index in [-0.39, 0.29) is 18.0 Å². The van der Waals surface area contributed by atoms with Gasteiger partial charge in [-0.15, -0.1) is 0 Å². The molecule has 4 aromatic rings. The average molecular weight is 509 g/mol. The van der Waals surface area contributed by atoms with E-state index in [1.807, 2.05) is 35.0 Å². The molecule has 0 radical (unpaired) electrons. The van der Waals surface area contributed by atoms with Crippen LogP contribution in [-0.2, 0) is 21.4 Å². The molecule has 1 amide bonds. The van der Waals surface area contributed by atoms with Crippen LogP contribution in [-0.4, -0.2) is 36.5 Å². The van der Waals surface area contributed by atoms with E-state index in [0.29, 0.717) is 16.5 Å². The fourth-order valence-electron chi connectivity index (χ4n) is 3.80. The van der Waals surface area contributed by atoms with Gasteiger partial charge in [0.1, 0.15) is 5.75 Å². The lowest BCUT2D eigenvalue weighted by molar-refractivity contribution is -0.127. The molecule has 178 valence electrons. The SMILES string of the molecule is O=C(NCc1ccc(-n2ccnc2)cc1)[C@H]1CN(S(=O)(=O)c2ccc(Cl)cc2)c2ccccc2O1. The van der Waals surface area contributed by atoms with E-state index in [0.717, 1.165) is 11.3 Å². The largest absolute Gasteiger partial charge is 0.476 e. The van der Waals surface area contributed by atoms with Gasteiger partial charge in [-0.1, -0.05) is 35.9 Å². The Morgan fingerprint density at radius 2 is 1.80 bits per heavy atom. The van der Waals surface area contributed by atoms with Crippen LogP contribution in [0.15, 0.2) is 96.4 Å². The van der Waals surface area contributed by atoms with E-state index >= 15 is 0 Å². The van der Waals surface area contributed by atoms with Gasteiger partial charge in [-0.3, -0.25) is 9.10 Å². The number of imidazole rings is 1. The molecule has 1 aliphatic rings. The molecule has 5 rings (SSSR count). The van der Waals surface area contributed by atoms with Gasteiger partial charge < -0.3 is 14.6 Å². The molecule has 0 aliphatic carbocycles. The number of nitrogens with one attached hydrogen (secondary N) is 1. The van der Waals surface area contributed by atoms with Crippen LogP contribution < -0.4 is 14.4 Å². The van der Waals surface area contributed by atoms with Crippen molar-refractivity contribution in [1.29, 1.82) is 0 Å². The number of hydrogen-bond donors (Lipinski definition) is 1. The molecule has 1 aliphatic heterocycles. The monoisotopic (exact) mass is 508 g/mol. The van der Waals surface area contributed by atoms with E-state index in [9.17, 15) is 13.2 Å². The number of amides is 1. The summed E-state index contributed by atoms with van der Waals surface area (Å²) >= 11 is 5.93. The Kier molecular flexibility index (Phi) is 6.19. The Hall–Kier alpha value is -3.82. The molecule has 1 atom stereocenters. The summed E-state index contributed by atoms with van der Waals surface area (Å²) in [6.07, 6.45) is 4.24. The van der Waals surface area contributed by atoms with Crippen molar-refractivity contribution < 1.29 is 17.9 Å². The highest BCUT2D eigenvalue weighted by Gasteiger charge is 2.37. The minimum atomic E-state index is -3.94. The first-order valence-corrected chi connectivity index (χ1v) is 12.6. The Bertz CT molecular complexity index is 1440. The molecular formula is C25H21ClN4O4S. The summed E-state index contributed by atoms with van der Waals surface area (Å²) in [5.41, 5.74) is 2.22. The summed E-state index contributed by atoms with van der Waals surface area (Å²) in [6.45, 7) is 0.113. The maximum Gasteiger partial charge on any atom is 0.264 e. The molecular weight excluding hydrogens is 488 g/mol. The first-order chi connectivity index (χ1) is 16.9. The number of para-hydroxylation sites is 2. The maximum absolute atomic E-state index is 13.4. The lowest BCUT2D eigenvalue weighted by Crippen LogP contribution is -2.50. The van der Waals surface area contributed by atoms with Crippen LogP contribution in [0.2, 0.25) is 5.02 Å². The Morgan fingerprint density at radius 1 is 1.06 bits per heavy atom. The molecule has 2 heterocycles. The van der Waals surface area contributed by atoms with Crippen molar-refractivity contribution in [1.82, 2.24) is 14.9 Å². The number of carbonyl (C=O) groups excluding carboxylic acids is 1. The number of halogens is 1. The number of hydrogen-bond acceptors (Lipinski definition) is 5. The number of sulfonamides is 1. The quantitative estimate of drug-likeness (QED) is 0.427. The third-order valence-corrected chi connectivity index (χ3v) is 7.68. The van der Waals surface area contributed by atoms with Crippen molar-refractivity contribution in [3.8, 4) is 11.4 Å². The average Bonchev–Trinajstić information content (AvgIpc) is 3.42. The summed E-state index contributed by atoms with van der Waals surface area (Å²) in [5, 5.41) is 3.28. The number of rotatable bonds is 6. The van der Waals surface area contributed by atoms with Crippen molar-refractivity contribution in [3.63, 3.8) is 0 Å². The smallest absolute Gasteiger partial charge is 0.264 e. The van der Waals surface area contributed by atoms with E-state index in [2.05, 4.69) is 10.3 Å². The molecule has 0 spiro atoms. The van der Waals surface area contributed by atoms with Gasteiger partial charge >= 0.3 is 0 Å². The fraction of sp³-hybridized carbons (Fsp3) is 0.120. The minimum Gasteiger partial charge on any atom is -0.476 e. The van der Waals surface area contributed by atoms with Crippen molar-refractivity contribution >= 4 is 33.2 Å². The van der Waals surface area contributed by atoms with E-state index in [1.165, 1.54) is 28.6 Å². The molecule has 8 nitrogen and oxygen atoms in total. The number of aromatic nitrogens is 2. The third-order valence-electron chi connectivity index (χ3n) is 5.63. The second-order valence-electron chi connectivity index (χ2n) is 7.92. The van der Waals surface area contributed by atoms with Crippen LogP contribution in [0.4, 0.5) is 5.69 Å². The van der Waals surface area contributed by atoms with E-state index < -0.39 is 22.0 Å². The topological polar surface area (TPSA) is 93.5 Å². The maximum atomic E-state index is 13.4. The highest BCUT2D eigenvalue weighted by atomic mass is 35.5. The van der Waals surface area contributed by atoms with Crippen molar-refractivity contribution in [3.05, 3.63) is 102 Å². The third kappa shape index (κ3) is 4.73. The highest BCUT2D eigenvalue weighted by Crippen LogP contribution is 2.37. The molecule has 0 unspecified atom stereocenters. The Labute approximate surface area is 207 Å². The van der Waals surface area contributed by atoms with Crippen molar-refractivity contribution in [2.45, 2.75) is 17.5 Å². The number of ether oxygens (including phenoxy) is 1. The summed E-state index contributed by atoms with van der Waals surface area (Å²) < 4.78 is 35.8. The van der Waals surface area contributed by atoms with Gasteiger partial charge in [0.15, 0.2) is 6.10 Å². The molecule has 0 fully saturated rings. The zero-order chi connectivity index (χ0) is 24.4. The Balaban J connectivity index is 1.33. The van der Waals surface area contributed by atoms with Gasteiger partial charge in [0.2, 0.25) is 0 Å². The molecule has 0 saturated carbocycles. The zero-order valence-electron chi connectivity index (χ0n) is 18.4. The Morgan fingerprint density at radius 3 is 2.51 bits per heavy atom. The summed E-state index contributed by atoms with van der Waals surface area (Å²) in [6, 6.07) is 20.3. The summed E-state index contributed by atoms with van der Waals surface area (Å²) in [7, 11) is -3.94. The van der Waals surface area contributed by atoms with Gasteiger partial charge in [0, 0.05) is 29.6 Å². The molecule has 35 heavy (non-hydrogen) atoms. The van der Waals surface area contributed by atoms with Crippen LogP contribution >= 0.6 is 11.6 Å². The fourth-order valence-corrected chi connectivity index (χ4v) is 5.40. The van der Waals surface area contributed by atoms with Crippen molar-refractivity contribution in [2.75, 3.05) is 10.8 Å². The summed E-state index contributed by atoms with van der Waals surface area (Å²) in [5.74, 6) is -0.0874. The normalized spacial score (nSPS) is 15.2. The minimum absolute atomic E-state index is 0.0794. The first-order valence-electron chi connectivity index (χ1n) is 10.8. The predicted molar refractivity (Wildman–Crippen MR) is 132 cm³/mol. The highest BCUT2D eigenvalue weighted by molar-refractivity contribution is 7.92. The van der Waals surface area contributed by atoms with E-state index in [1.54, 1.807) is 36.8 Å². The second kappa shape index (κ2) is 9.44. The number of carbonyl (C=O) groups is 1. The van der Waals surface area contributed by atoms with Gasteiger partial charge in [0.25, 0.3) is 15.9 Å². The number of benzene rings is 3. The lowest BCUT2D eigenvalue weighted by Gasteiger charge is -2.34. The standard InChI is InChI=1S/C25H21ClN4O4S/c26-19-7-11-21(12-8-19)35(32,33)30-16-24(34-23-4-2-1-3-22(23)30)25(31)28-15-18-5-9-20(10-6-18)29-14-13-27-17-29/h1-14,17,24H,15-16H2,(H,28,31)/t24-/m1/s1. The number of anilines is 1. The van der Waals surface area contributed by atoms with Crippen LogP contribution in [0.5, 0.6) is 5.75 Å². The lowest BCUT2D eigenvalue weighted by atomic mass is 10.2. The molecule has 1 N–H and O–H groups in total. The van der Waals surface area contributed by atoms with Crippen LogP contribution in [0.25, 0.3) is 5.69 Å². The molecule has 1 aromatic heterocycles. The van der Waals surface area contributed by atoms with Gasteiger partial charge in [-0.05, 0) is 54.1 Å². The summed E-state index contributed by atoms with van der Waals surface area (Å²) in [4.78, 5) is 17.1. The van der Waals surface area contributed by atoms with Gasteiger partial charge in [-0.25, -0.2) is 13.4 Å². The molecule has 0 bridgehead atoms. The number of nitrogens with zero attached hydrogens (tertiary/aromatic N) is 3.